The highest BCUT2D eigenvalue weighted by Crippen LogP contribution is 2.30. The zero-order valence-electron chi connectivity index (χ0n) is 15.6. The molecule has 0 fully saturated rings. The maximum absolute atomic E-state index is 12.8. The molecule has 4 aromatic rings. The Kier molecular flexibility index (Phi) is 5.64. The van der Waals surface area contributed by atoms with E-state index in [1.54, 1.807) is 0 Å². The molecule has 2 aromatic heterocycles. The van der Waals surface area contributed by atoms with E-state index in [0.29, 0.717) is 11.0 Å². The quantitative estimate of drug-likeness (QED) is 0.353. The Morgan fingerprint density at radius 2 is 1.83 bits per heavy atom. The summed E-state index contributed by atoms with van der Waals surface area (Å²) in [7, 11) is 0. The third-order valence-electron chi connectivity index (χ3n) is 4.33. The molecule has 0 aliphatic heterocycles. The Hall–Kier alpha value is -3.10. The SMILES string of the molecule is C[C@H](Sc1nnc(-c2cccs2)n1N)C(=O)Nc1ccccc1-c1ccccc1. The van der Waals surface area contributed by atoms with Gasteiger partial charge >= 0.3 is 0 Å². The average molecular weight is 422 g/mol. The number of hydrogen-bond donors (Lipinski definition) is 2. The van der Waals surface area contributed by atoms with Crippen LogP contribution in [0.25, 0.3) is 21.8 Å². The Morgan fingerprint density at radius 1 is 1.07 bits per heavy atom. The highest BCUT2D eigenvalue weighted by Gasteiger charge is 2.21. The highest BCUT2D eigenvalue weighted by molar-refractivity contribution is 8.00. The van der Waals surface area contributed by atoms with E-state index in [-0.39, 0.29) is 5.91 Å². The minimum atomic E-state index is -0.401. The molecular weight excluding hydrogens is 402 g/mol. The van der Waals surface area contributed by atoms with Crippen LogP contribution < -0.4 is 11.2 Å². The molecule has 8 heteroatoms. The molecule has 0 radical (unpaired) electrons. The van der Waals surface area contributed by atoms with E-state index in [1.165, 1.54) is 27.8 Å². The van der Waals surface area contributed by atoms with Gasteiger partial charge in [0.2, 0.25) is 11.1 Å². The Morgan fingerprint density at radius 3 is 2.59 bits per heavy atom. The second-order valence-corrected chi connectivity index (χ2v) is 8.57. The number of benzene rings is 2. The van der Waals surface area contributed by atoms with Crippen molar-refractivity contribution in [2.24, 2.45) is 0 Å². The fraction of sp³-hybridized carbons (Fsp3) is 0.0952. The standard InChI is InChI=1S/C21H19N5OS2/c1-14(29-21-25-24-19(26(21)22)18-12-7-13-28-18)20(27)23-17-11-6-5-10-16(17)15-8-3-2-4-9-15/h2-14H,22H2,1H3,(H,23,27)/t14-/m0/s1. The summed E-state index contributed by atoms with van der Waals surface area (Å²) in [4.78, 5) is 13.8. The monoisotopic (exact) mass is 421 g/mol. The minimum absolute atomic E-state index is 0.126. The number of para-hydroxylation sites is 1. The van der Waals surface area contributed by atoms with Crippen LogP contribution in [-0.4, -0.2) is 26.0 Å². The lowest BCUT2D eigenvalue weighted by atomic mass is 10.0. The third kappa shape index (κ3) is 4.18. The molecule has 0 spiro atoms. The van der Waals surface area contributed by atoms with Crippen LogP contribution >= 0.6 is 23.1 Å². The van der Waals surface area contributed by atoms with Gasteiger partial charge in [-0.3, -0.25) is 4.79 Å². The largest absolute Gasteiger partial charge is 0.335 e. The van der Waals surface area contributed by atoms with Crippen molar-refractivity contribution in [1.29, 1.82) is 0 Å². The first-order chi connectivity index (χ1) is 14.1. The van der Waals surface area contributed by atoms with Crippen molar-refractivity contribution in [3.8, 4) is 21.8 Å². The van der Waals surface area contributed by atoms with Gasteiger partial charge in [-0.15, -0.1) is 21.5 Å². The molecule has 29 heavy (non-hydrogen) atoms. The van der Waals surface area contributed by atoms with Crippen molar-refractivity contribution in [3.63, 3.8) is 0 Å². The molecule has 1 atom stereocenters. The van der Waals surface area contributed by atoms with E-state index in [4.69, 9.17) is 5.84 Å². The van der Waals surface area contributed by atoms with Crippen LogP contribution in [0, 0.1) is 0 Å². The van der Waals surface area contributed by atoms with Crippen molar-refractivity contribution in [1.82, 2.24) is 14.9 Å². The number of nitrogens with zero attached hydrogens (tertiary/aromatic N) is 3. The number of nitrogen functional groups attached to an aromatic ring is 1. The number of carbonyl (C=O) groups is 1. The number of aromatic nitrogens is 3. The van der Waals surface area contributed by atoms with E-state index in [1.807, 2.05) is 79.0 Å². The summed E-state index contributed by atoms with van der Waals surface area (Å²) in [6, 6.07) is 21.6. The van der Waals surface area contributed by atoms with Crippen molar-refractivity contribution >= 4 is 34.7 Å². The number of thiophene rings is 1. The lowest BCUT2D eigenvalue weighted by Gasteiger charge is -2.14. The van der Waals surface area contributed by atoms with Gasteiger partial charge in [0.25, 0.3) is 0 Å². The smallest absolute Gasteiger partial charge is 0.237 e. The topological polar surface area (TPSA) is 85.8 Å². The second kappa shape index (κ2) is 8.50. The van der Waals surface area contributed by atoms with Gasteiger partial charge in [0.05, 0.1) is 10.1 Å². The maximum atomic E-state index is 12.8. The number of anilines is 1. The summed E-state index contributed by atoms with van der Waals surface area (Å²) in [5.41, 5.74) is 2.79. The number of nitrogens with one attached hydrogen (secondary N) is 1. The van der Waals surface area contributed by atoms with Crippen molar-refractivity contribution in [2.75, 3.05) is 11.2 Å². The lowest BCUT2D eigenvalue weighted by molar-refractivity contribution is -0.115. The summed E-state index contributed by atoms with van der Waals surface area (Å²) in [5.74, 6) is 6.60. The van der Waals surface area contributed by atoms with E-state index in [0.717, 1.165) is 21.7 Å². The zero-order valence-corrected chi connectivity index (χ0v) is 17.3. The van der Waals surface area contributed by atoms with Crippen LogP contribution in [-0.2, 0) is 4.79 Å². The van der Waals surface area contributed by atoms with Crippen LogP contribution in [0.1, 0.15) is 6.92 Å². The van der Waals surface area contributed by atoms with E-state index in [9.17, 15) is 4.79 Å². The predicted octanol–water partition coefficient (Wildman–Crippen LogP) is 4.51. The first-order valence-electron chi connectivity index (χ1n) is 9.00. The highest BCUT2D eigenvalue weighted by atomic mass is 32.2. The van der Waals surface area contributed by atoms with Crippen LogP contribution in [0.15, 0.2) is 77.3 Å². The molecule has 0 aliphatic rings. The molecule has 2 heterocycles. The number of carbonyl (C=O) groups excluding carboxylic acids is 1. The third-order valence-corrected chi connectivity index (χ3v) is 6.25. The number of nitrogens with two attached hydrogens (primary N) is 1. The number of rotatable bonds is 6. The first kappa shape index (κ1) is 19.2. The van der Waals surface area contributed by atoms with Crippen LogP contribution in [0.2, 0.25) is 0 Å². The summed E-state index contributed by atoms with van der Waals surface area (Å²) in [6.07, 6.45) is 0. The molecular formula is C21H19N5OS2. The van der Waals surface area contributed by atoms with Gasteiger partial charge in [0.1, 0.15) is 0 Å². The molecule has 3 N–H and O–H groups in total. The summed E-state index contributed by atoms with van der Waals surface area (Å²) in [5, 5.41) is 13.4. The van der Waals surface area contributed by atoms with Gasteiger partial charge in [-0.05, 0) is 30.0 Å². The molecule has 146 valence electrons. The average Bonchev–Trinajstić information content (AvgIpc) is 3.39. The molecule has 0 bridgehead atoms. The van der Waals surface area contributed by atoms with Crippen molar-refractivity contribution in [3.05, 3.63) is 72.1 Å². The number of thioether (sulfide) groups is 1. The van der Waals surface area contributed by atoms with E-state index < -0.39 is 5.25 Å². The first-order valence-corrected chi connectivity index (χ1v) is 10.8. The van der Waals surface area contributed by atoms with Gasteiger partial charge in [-0.2, -0.15) is 0 Å². The Balaban J connectivity index is 1.49. The minimum Gasteiger partial charge on any atom is -0.335 e. The molecule has 0 saturated carbocycles. The van der Waals surface area contributed by atoms with Crippen LogP contribution in [0.3, 0.4) is 0 Å². The Bertz CT molecular complexity index is 1110. The van der Waals surface area contributed by atoms with Gasteiger partial charge in [-0.25, -0.2) is 4.68 Å². The lowest BCUT2D eigenvalue weighted by Crippen LogP contribution is -2.24. The fourth-order valence-corrected chi connectivity index (χ4v) is 4.31. The molecule has 4 rings (SSSR count). The summed E-state index contributed by atoms with van der Waals surface area (Å²) >= 11 is 2.81. The van der Waals surface area contributed by atoms with Crippen molar-refractivity contribution < 1.29 is 4.79 Å². The molecule has 0 saturated heterocycles. The summed E-state index contributed by atoms with van der Waals surface area (Å²) in [6.45, 7) is 1.82. The molecule has 6 nitrogen and oxygen atoms in total. The molecule has 1 amide bonds. The van der Waals surface area contributed by atoms with Crippen LogP contribution in [0.5, 0.6) is 0 Å². The van der Waals surface area contributed by atoms with Gasteiger partial charge < -0.3 is 11.2 Å². The Labute approximate surface area is 176 Å². The molecule has 2 aromatic carbocycles. The van der Waals surface area contributed by atoms with Gasteiger partial charge in [0, 0.05) is 11.3 Å². The summed E-state index contributed by atoms with van der Waals surface area (Å²) < 4.78 is 1.43. The van der Waals surface area contributed by atoms with Gasteiger partial charge in [0.15, 0.2) is 5.82 Å². The van der Waals surface area contributed by atoms with Crippen LogP contribution in [0.4, 0.5) is 5.69 Å². The fourth-order valence-electron chi connectivity index (χ4n) is 2.84. The van der Waals surface area contributed by atoms with E-state index >= 15 is 0 Å². The van der Waals surface area contributed by atoms with E-state index in [2.05, 4.69) is 15.5 Å². The normalized spacial score (nSPS) is 11.9. The van der Waals surface area contributed by atoms with Crippen molar-refractivity contribution in [2.45, 2.75) is 17.3 Å². The zero-order chi connectivity index (χ0) is 20.2. The second-order valence-electron chi connectivity index (χ2n) is 6.31. The predicted molar refractivity (Wildman–Crippen MR) is 119 cm³/mol. The molecule has 0 aliphatic carbocycles. The molecule has 0 unspecified atom stereocenters. The number of amides is 1. The maximum Gasteiger partial charge on any atom is 0.237 e. The van der Waals surface area contributed by atoms with Gasteiger partial charge in [-0.1, -0.05) is 66.4 Å². The number of hydrogen-bond acceptors (Lipinski definition) is 6.